The molecule has 0 saturated heterocycles. The zero-order valence-electron chi connectivity index (χ0n) is 13.1. The first-order valence-electron chi connectivity index (χ1n) is 7.47. The van der Waals surface area contributed by atoms with Gasteiger partial charge in [-0.05, 0) is 34.5 Å². The average molecular weight is 353 g/mol. The number of aromatic carboxylic acids is 1. The molecule has 0 saturated carbocycles. The van der Waals surface area contributed by atoms with E-state index in [9.17, 15) is 18.3 Å². The fraction of sp³-hybridized carbons (Fsp3) is 0. The van der Waals surface area contributed by atoms with Gasteiger partial charge in [0.05, 0.1) is 16.7 Å². The maximum Gasteiger partial charge on any atom is 0.337 e. The number of carbonyl (C=O) groups is 1. The number of anilines is 1. The molecule has 0 spiro atoms. The van der Waals surface area contributed by atoms with Gasteiger partial charge in [0, 0.05) is 0 Å². The summed E-state index contributed by atoms with van der Waals surface area (Å²) in [5.74, 6) is -1.20. The predicted octanol–water partition coefficient (Wildman–Crippen LogP) is 3.95. The molecule has 6 heteroatoms. The van der Waals surface area contributed by atoms with Crippen molar-refractivity contribution in [3.8, 4) is 0 Å². The Morgan fingerprint density at radius 1 is 0.920 bits per heavy atom. The second kappa shape index (κ2) is 6.78. The van der Waals surface area contributed by atoms with Crippen molar-refractivity contribution in [2.45, 2.75) is 0 Å². The van der Waals surface area contributed by atoms with Crippen LogP contribution in [0.3, 0.4) is 0 Å². The molecule has 3 aromatic rings. The summed E-state index contributed by atoms with van der Waals surface area (Å²) in [6.45, 7) is 0. The summed E-state index contributed by atoms with van der Waals surface area (Å²) in [5, 5.41) is 11.9. The van der Waals surface area contributed by atoms with Crippen LogP contribution in [0, 0.1) is 0 Å². The van der Waals surface area contributed by atoms with E-state index in [4.69, 9.17) is 0 Å². The molecule has 0 amide bonds. The third kappa shape index (κ3) is 4.05. The van der Waals surface area contributed by atoms with E-state index in [1.165, 1.54) is 18.2 Å². The highest BCUT2D eigenvalue weighted by Gasteiger charge is 2.15. The molecule has 126 valence electrons. The molecule has 0 bridgehead atoms. The first-order valence-corrected chi connectivity index (χ1v) is 9.01. The molecule has 0 radical (unpaired) electrons. The fourth-order valence-corrected chi connectivity index (χ4v) is 3.30. The van der Waals surface area contributed by atoms with Crippen LogP contribution in [0.25, 0.3) is 16.8 Å². The zero-order valence-corrected chi connectivity index (χ0v) is 13.9. The van der Waals surface area contributed by atoms with E-state index in [0.717, 1.165) is 21.7 Å². The Balaban J connectivity index is 1.97. The summed E-state index contributed by atoms with van der Waals surface area (Å²) >= 11 is 0. The number of carboxylic acid groups (broad SMARTS) is 1. The van der Waals surface area contributed by atoms with Crippen LogP contribution in [0.2, 0.25) is 0 Å². The minimum Gasteiger partial charge on any atom is -0.478 e. The van der Waals surface area contributed by atoms with Crippen molar-refractivity contribution >= 4 is 38.5 Å². The highest BCUT2D eigenvalue weighted by molar-refractivity contribution is 7.95. The number of fused-ring (bicyclic) bond motifs is 1. The van der Waals surface area contributed by atoms with Gasteiger partial charge in [0.25, 0.3) is 10.0 Å². The van der Waals surface area contributed by atoms with Crippen molar-refractivity contribution in [3.63, 3.8) is 0 Å². The summed E-state index contributed by atoms with van der Waals surface area (Å²) in [4.78, 5) is 11.5. The lowest BCUT2D eigenvalue weighted by molar-refractivity contribution is 0.0698. The molecule has 0 aromatic heterocycles. The van der Waals surface area contributed by atoms with Crippen LogP contribution < -0.4 is 4.72 Å². The first-order chi connectivity index (χ1) is 11.9. The van der Waals surface area contributed by atoms with Gasteiger partial charge in [-0.15, -0.1) is 0 Å². The Morgan fingerprint density at radius 3 is 2.16 bits per heavy atom. The Bertz CT molecular complexity index is 1060. The normalized spacial score (nSPS) is 11.7. The molecule has 0 aliphatic rings. The molecule has 0 aliphatic heterocycles. The van der Waals surface area contributed by atoms with E-state index in [2.05, 4.69) is 4.72 Å². The van der Waals surface area contributed by atoms with Crippen molar-refractivity contribution < 1.29 is 18.3 Å². The summed E-state index contributed by atoms with van der Waals surface area (Å²) in [5.41, 5.74) is 0.657. The fourth-order valence-electron chi connectivity index (χ4n) is 2.42. The van der Waals surface area contributed by atoms with Gasteiger partial charge in [0.15, 0.2) is 0 Å². The van der Waals surface area contributed by atoms with E-state index in [1.807, 2.05) is 6.07 Å². The van der Waals surface area contributed by atoms with Gasteiger partial charge >= 0.3 is 5.97 Å². The molecule has 0 fully saturated rings. The molecule has 0 atom stereocenters. The highest BCUT2D eigenvalue weighted by Crippen LogP contribution is 2.25. The summed E-state index contributed by atoms with van der Waals surface area (Å²) in [7, 11) is -3.85. The topological polar surface area (TPSA) is 83.5 Å². The maximum absolute atomic E-state index is 12.3. The molecule has 3 aromatic carbocycles. The van der Waals surface area contributed by atoms with Crippen LogP contribution in [-0.2, 0) is 10.0 Å². The van der Waals surface area contributed by atoms with Gasteiger partial charge in [-0.3, -0.25) is 4.72 Å². The van der Waals surface area contributed by atoms with Crippen LogP contribution in [0.1, 0.15) is 15.9 Å². The SMILES string of the molecule is O=C(O)c1cc2ccccc2cc1NS(=O)(=O)/C=C/c1ccccc1. The van der Waals surface area contributed by atoms with Gasteiger partial charge in [-0.1, -0.05) is 54.6 Å². The number of nitrogens with one attached hydrogen (secondary N) is 1. The lowest BCUT2D eigenvalue weighted by Gasteiger charge is -2.10. The van der Waals surface area contributed by atoms with Crippen LogP contribution in [0.5, 0.6) is 0 Å². The monoisotopic (exact) mass is 353 g/mol. The molecular weight excluding hydrogens is 338 g/mol. The van der Waals surface area contributed by atoms with Crippen molar-refractivity contribution in [3.05, 3.63) is 83.3 Å². The maximum atomic E-state index is 12.3. The Morgan fingerprint density at radius 2 is 1.52 bits per heavy atom. The minimum atomic E-state index is -3.85. The van der Waals surface area contributed by atoms with Crippen molar-refractivity contribution in [2.24, 2.45) is 0 Å². The third-order valence-corrected chi connectivity index (χ3v) is 4.61. The van der Waals surface area contributed by atoms with Crippen LogP contribution in [0.15, 0.2) is 72.1 Å². The van der Waals surface area contributed by atoms with E-state index in [1.54, 1.807) is 48.5 Å². The smallest absolute Gasteiger partial charge is 0.337 e. The molecular formula is C19H15NO4S. The molecule has 0 aliphatic carbocycles. The predicted molar refractivity (Wildman–Crippen MR) is 98.9 cm³/mol. The molecule has 5 nitrogen and oxygen atoms in total. The van der Waals surface area contributed by atoms with Gasteiger partial charge in [-0.2, -0.15) is 0 Å². The van der Waals surface area contributed by atoms with E-state index in [0.29, 0.717) is 0 Å². The van der Waals surface area contributed by atoms with Crippen LogP contribution >= 0.6 is 0 Å². The number of sulfonamides is 1. The minimum absolute atomic E-state index is 0.0314. The van der Waals surface area contributed by atoms with Gasteiger partial charge in [0.1, 0.15) is 0 Å². The highest BCUT2D eigenvalue weighted by atomic mass is 32.2. The Labute approximate surface area is 145 Å². The van der Waals surface area contributed by atoms with Gasteiger partial charge < -0.3 is 5.11 Å². The van der Waals surface area contributed by atoms with E-state index in [-0.39, 0.29) is 11.3 Å². The number of benzene rings is 3. The Hall–Kier alpha value is -3.12. The quantitative estimate of drug-likeness (QED) is 0.727. The molecule has 0 heterocycles. The van der Waals surface area contributed by atoms with E-state index >= 15 is 0 Å². The molecule has 25 heavy (non-hydrogen) atoms. The van der Waals surface area contributed by atoms with Crippen molar-refractivity contribution in [1.29, 1.82) is 0 Å². The number of hydrogen-bond acceptors (Lipinski definition) is 3. The van der Waals surface area contributed by atoms with E-state index < -0.39 is 16.0 Å². The largest absolute Gasteiger partial charge is 0.478 e. The number of rotatable bonds is 5. The van der Waals surface area contributed by atoms with Crippen LogP contribution in [-0.4, -0.2) is 19.5 Å². The summed E-state index contributed by atoms with van der Waals surface area (Å²) in [6.07, 6.45) is 1.45. The lowest BCUT2D eigenvalue weighted by atomic mass is 10.1. The zero-order chi connectivity index (χ0) is 17.9. The first kappa shape index (κ1) is 16.7. The standard InChI is InChI=1S/C19H15NO4S/c21-19(22)17-12-15-8-4-5-9-16(15)13-18(17)20-25(23,24)11-10-14-6-2-1-3-7-14/h1-13,20H,(H,21,22)/b11-10+. The van der Waals surface area contributed by atoms with Crippen molar-refractivity contribution in [1.82, 2.24) is 0 Å². The second-order valence-electron chi connectivity index (χ2n) is 5.41. The number of carboxylic acids is 1. The molecule has 0 unspecified atom stereocenters. The van der Waals surface area contributed by atoms with Crippen molar-refractivity contribution in [2.75, 3.05) is 4.72 Å². The van der Waals surface area contributed by atoms with Gasteiger partial charge in [0.2, 0.25) is 0 Å². The molecule has 2 N–H and O–H groups in total. The number of hydrogen-bond donors (Lipinski definition) is 2. The molecule has 3 rings (SSSR count). The third-order valence-electron chi connectivity index (χ3n) is 3.61. The average Bonchev–Trinajstić information content (AvgIpc) is 2.60. The summed E-state index contributed by atoms with van der Waals surface area (Å²) < 4.78 is 26.9. The van der Waals surface area contributed by atoms with Gasteiger partial charge in [-0.25, -0.2) is 13.2 Å². The lowest BCUT2D eigenvalue weighted by Crippen LogP contribution is -2.12. The van der Waals surface area contributed by atoms with Crippen LogP contribution in [0.4, 0.5) is 5.69 Å². The Kier molecular flexibility index (Phi) is 4.54. The summed E-state index contributed by atoms with van der Waals surface area (Å²) in [6, 6.07) is 19.1. The second-order valence-corrected chi connectivity index (χ2v) is 6.98.